The Morgan fingerprint density at radius 1 is 1.48 bits per heavy atom. The molecule has 2 rings (SSSR count). The summed E-state index contributed by atoms with van der Waals surface area (Å²) < 4.78 is 1.12. The highest BCUT2D eigenvalue weighted by molar-refractivity contribution is 14.1. The van der Waals surface area contributed by atoms with Gasteiger partial charge in [-0.25, -0.2) is 0 Å². The van der Waals surface area contributed by atoms with E-state index in [1.807, 2.05) is 36.1 Å². The molecular formula is C18H21IN4O2. The van der Waals surface area contributed by atoms with E-state index < -0.39 is 5.91 Å². The van der Waals surface area contributed by atoms with E-state index in [4.69, 9.17) is 0 Å². The summed E-state index contributed by atoms with van der Waals surface area (Å²) in [6, 6.07) is 7.79. The standard InChI is InChI=1S/C18H21IN4O2/c1-13-10-15(19)5-6-16(13)22-12-14(11-20)18(25)21-7-3-9-23-8-2-4-17(23)24/h5-6,10,12,22H,2-4,7-9H2,1H3,(H,21,25)/b14-12-. The first kappa shape index (κ1) is 19.2. The molecule has 0 aliphatic carbocycles. The zero-order valence-corrected chi connectivity index (χ0v) is 16.3. The maximum absolute atomic E-state index is 12.1. The molecule has 132 valence electrons. The molecule has 1 aromatic carbocycles. The van der Waals surface area contributed by atoms with Gasteiger partial charge in [0.1, 0.15) is 11.6 Å². The fourth-order valence-corrected chi connectivity index (χ4v) is 3.24. The Morgan fingerprint density at radius 3 is 2.92 bits per heavy atom. The number of rotatable bonds is 7. The molecule has 0 aromatic heterocycles. The van der Waals surface area contributed by atoms with Crippen LogP contribution < -0.4 is 10.6 Å². The van der Waals surface area contributed by atoms with E-state index in [0.29, 0.717) is 25.9 Å². The lowest BCUT2D eigenvalue weighted by Gasteiger charge is -2.15. The fourth-order valence-electron chi connectivity index (χ4n) is 2.60. The van der Waals surface area contributed by atoms with E-state index in [9.17, 15) is 14.9 Å². The summed E-state index contributed by atoms with van der Waals surface area (Å²) in [5.41, 5.74) is 1.92. The minimum absolute atomic E-state index is 0.0233. The molecule has 0 radical (unpaired) electrons. The number of nitrogens with one attached hydrogen (secondary N) is 2. The van der Waals surface area contributed by atoms with E-state index in [1.165, 1.54) is 6.20 Å². The van der Waals surface area contributed by atoms with Crippen LogP contribution in [0.15, 0.2) is 30.0 Å². The van der Waals surface area contributed by atoms with E-state index in [-0.39, 0.29) is 11.5 Å². The Hall–Kier alpha value is -2.08. The third kappa shape index (κ3) is 5.74. The third-order valence-corrected chi connectivity index (χ3v) is 4.66. The molecule has 0 saturated carbocycles. The number of carbonyl (C=O) groups excluding carboxylic acids is 2. The number of aryl methyl sites for hydroxylation is 1. The van der Waals surface area contributed by atoms with Crippen LogP contribution in [0.1, 0.15) is 24.8 Å². The van der Waals surface area contributed by atoms with E-state index in [0.717, 1.165) is 27.8 Å². The summed E-state index contributed by atoms with van der Waals surface area (Å²) in [5, 5.41) is 14.9. The van der Waals surface area contributed by atoms with Crippen LogP contribution in [0.25, 0.3) is 0 Å². The highest BCUT2D eigenvalue weighted by Gasteiger charge is 2.19. The first-order valence-electron chi connectivity index (χ1n) is 8.20. The van der Waals surface area contributed by atoms with Crippen molar-refractivity contribution in [3.05, 3.63) is 39.1 Å². The second kappa shape index (κ2) is 9.42. The quantitative estimate of drug-likeness (QED) is 0.288. The van der Waals surface area contributed by atoms with Gasteiger partial charge in [0.2, 0.25) is 5.91 Å². The largest absolute Gasteiger partial charge is 0.360 e. The van der Waals surface area contributed by atoms with Gasteiger partial charge in [-0.1, -0.05) is 0 Å². The monoisotopic (exact) mass is 452 g/mol. The first-order valence-corrected chi connectivity index (χ1v) is 9.28. The van der Waals surface area contributed by atoms with E-state index >= 15 is 0 Å². The van der Waals surface area contributed by atoms with Gasteiger partial charge in [0.05, 0.1) is 0 Å². The Balaban J connectivity index is 1.81. The van der Waals surface area contributed by atoms with Gasteiger partial charge in [0.15, 0.2) is 0 Å². The van der Waals surface area contributed by atoms with Crippen LogP contribution in [-0.2, 0) is 9.59 Å². The fraction of sp³-hybridized carbons (Fsp3) is 0.389. The molecule has 2 N–H and O–H groups in total. The van der Waals surface area contributed by atoms with Crippen LogP contribution in [0.2, 0.25) is 0 Å². The summed E-state index contributed by atoms with van der Waals surface area (Å²) in [6.07, 6.45) is 3.64. The van der Waals surface area contributed by atoms with Crippen LogP contribution in [-0.4, -0.2) is 36.3 Å². The lowest BCUT2D eigenvalue weighted by Crippen LogP contribution is -2.31. The summed E-state index contributed by atoms with van der Waals surface area (Å²) in [7, 11) is 0. The van der Waals surface area contributed by atoms with Gasteiger partial charge in [-0.05, 0) is 66.1 Å². The average Bonchev–Trinajstić information content (AvgIpc) is 2.99. The van der Waals surface area contributed by atoms with Crippen LogP contribution in [0.5, 0.6) is 0 Å². The lowest BCUT2D eigenvalue weighted by molar-refractivity contribution is -0.127. The summed E-state index contributed by atoms with van der Waals surface area (Å²) in [6.45, 7) is 3.84. The van der Waals surface area contributed by atoms with Crippen molar-refractivity contribution in [3.8, 4) is 6.07 Å². The molecule has 1 saturated heterocycles. The SMILES string of the molecule is Cc1cc(I)ccc1N/C=C(/C#N)C(=O)NCCCN1CCCC1=O. The average molecular weight is 452 g/mol. The van der Waals surface area contributed by atoms with Crippen molar-refractivity contribution in [2.75, 3.05) is 25.0 Å². The topological polar surface area (TPSA) is 85.2 Å². The second-order valence-corrected chi connectivity index (χ2v) is 7.11. The maximum atomic E-state index is 12.1. The molecule has 6 nitrogen and oxygen atoms in total. The number of halogens is 1. The third-order valence-electron chi connectivity index (χ3n) is 3.99. The first-order chi connectivity index (χ1) is 12.0. The van der Waals surface area contributed by atoms with Crippen molar-refractivity contribution in [2.45, 2.75) is 26.2 Å². The number of hydrogen-bond acceptors (Lipinski definition) is 4. The molecule has 0 spiro atoms. The highest BCUT2D eigenvalue weighted by Crippen LogP contribution is 2.18. The highest BCUT2D eigenvalue weighted by atomic mass is 127. The van der Waals surface area contributed by atoms with E-state index in [2.05, 4.69) is 33.2 Å². The Kier molecular flexibility index (Phi) is 7.25. The smallest absolute Gasteiger partial charge is 0.263 e. The molecule has 0 atom stereocenters. The van der Waals surface area contributed by atoms with Crippen LogP contribution >= 0.6 is 22.6 Å². The minimum Gasteiger partial charge on any atom is -0.360 e. The molecule has 1 fully saturated rings. The minimum atomic E-state index is -0.411. The molecule has 1 aromatic rings. The Bertz CT molecular complexity index is 724. The summed E-state index contributed by atoms with van der Waals surface area (Å²) in [4.78, 5) is 25.4. The van der Waals surface area contributed by atoms with Gasteiger partial charge >= 0.3 is 0 Å². The van der Waals surface area contributed by atoms with Gasteiger partial charge in [0, 0.05) is 41.5 Å². The van der Waals surface area contributed by atoms with Crippen LogP contribution in [0.4, 0.5) is 5.69 Å². The molecule has 1 heterocycles. The molecule has 7 heteroatoms. The zero-order chi connectivity index (χ0) is 18.2. The number of nitriles is 1. The predicted molar refractivity (Wildman–Crippen MR) is 105 cm³/mol. The van der Waals surface area contributed by atoms with Gasteiger partial charge < -0.3 is 15.5 Å². The van der Waals surface area contributed by atoms with Gasteiger partial charge in [-0.2, -0.15) is 5.26 Å². The number of carbonyl (C=O) groups is 2. The number of hydrogen-bond donors (Lipinski definition) is 2. The number of benzene rings is 1. The van der Waals surface area contributed by atoms with Crippen molar-refractivity contribution in [1.82, 2.24) is 10.2 Å². The molecule has 2 amide bonds. The number of anilines is 1. The molecule has 25 heavy (non-hydrogen) atoms. The predicted octanol–water partition coefficient (Wildman–Crippen LogP) is 2.55. The second-order valence-electron chi connectivity index (χ2n) is 5.87. The van der Waals surface area contributed by atoms with E-state index in [1.54, 1.807) is 0 Å². The molecule has 0 bridgehead atoms. The molecule has 0 unspecified atom stereocenters. The maximum Gasteiger partial charge on any atom is 0.263 e. The van der Waals surface area contributed by atoms with Crippen molar-refractivity contribution in [1.29, 1.82) is 5.26 Å². The van der Waals surface area contributed by atoms with Crippen LogP contribution in [0, 0.1) is 21.8 Å². The zero-order valence-electron chi connectivity index (χ0n) is 14.1. The molecule has 1 aliphatic heterocycles. The van der Waals surface area contributed by atoms with Gasteiger partial charge in [-0.3, -0.25) is 9.59 Å². The van der Waals surface area contributed by atoms with Gasteiger partial charge in [-0.15, -0.1) is 0 Å². The number of amides is 2. The van der Waals surface area contributed by atoms with Crippen molar-refractivity contribution < 1.29 is 9.59 Å². The Morgan fingerprint density at radius 2 is 2.28 bits per heavy atom. The summed E-state index contributed by atoms with van der Waals surface area (Å²) >= 11 is 2.23. The normalized spacial score (nSPS) is 14.4. The lowest BCUT2D eigenvalue weighted by atomic mass is 10.2. The number of likely N-dealkylation sites (tertiary alicyclic amines) is 1. The van der Waals surface area contributed by atoms with Crippen molar-refractivity contribution >= 4 is 40.1 Å². The number of nitrogens with zero attached hydrogens (tertiary/aromatic N) is 2. The van der Waals surface area contributed by atoms with Crippen LogP contribution in [0.3, 0.4) is 0 Å². The molecule has 1 aliphatic rings. The molecular weight excluding hydrogens is 431 g/mol. The van der Waals surface area contributed by atoms with Crippen molar-refractivity contribution in [2.24, 2.45) is 0 Å². The Labute approximate surface area is 161 Å². The van der Waals surface area contributed by atoms with Gasteiger partial charge in [0.25, 0.3) is 5.91 Å². The summed E-state index contributed by atoms with van der Waals surface area (Å²) in [5.74, 6) is -0.230. The van der Waals surface area contributed by atoms with Crippen molar-refractivity contribution in [3.63, 3.8) is 0 Å².